The van der Waals surface area contributed by atoms with Gasteiger partial charge in [0.15, 0.2) is 0 Å². The molecule has 2 rings (SSSR count). The molecule has 0 bridgehead atoms. The highest BCUT2D eigenvalue weighted by molar-refractivity contribution is 5.94. The molecule has 1 N–H and O–H groups in total. The lowest BCUT2D eigenvalue weighted by Gasteiger charge is -2.05. The van der Waals surface area contributed by atoms with E-state index < -0.39 is 0 Å². The van der Waals surface area contributed by atoms with Gasteiger partial charge in [-0.1, -0.05) is 12.1 Å². The van der Waals surface area contributed by atoms with Gasteiger partial charge in [0.25, 0.3) is 5.91 Å². The second kappa shape index (κ2) is 5.00. The zero-order chi connectivity index (χ0) is 13.1. The molecule has 18 heavy (non-hydrogen) atoms. The van der Waals surface area contributed by atoms with Crippen LogP contribution in [-0.2, 0) is 13.6 Å². The molecular weight excluding hydrogens is 233 g/mol. The SMILES string of the molecule is Cc1c(C(=O)NCc2ccc(F)cc2)cnn1C. The van der Waals surface area contributed by atoms with Gasteiger partial charge in [0.1, 0.15) is 5.82 Å². The van der Waals surface area contributed by atoms with Crippen LogP contribution in [0.3, 0.4) is 0 Å². The van der Waals surface area contributed by atoms with Gasteiger partial charge in [-0.25, -0.2) is 4.39 Å². The largest absolute Gasteiger partial charge is 0.348 e. The van der Waals surface area contributed by atoms with Gasteiger partial charge in [-0.3, -0.25) is 9.48 Å². The van der Waals surface area contributed by atoms with Gasteiger partial charge in [0.05, 0.1) is 11.8 Å². The van der Waals surface area contributed by atoms with Crippen LogP contribution >= 0.6 is 0 Å². The number of benzene rings is 1. The van der Waals surface area contributed by atoms with Crippen LogP contribution in [0.5, 0.6) is 0 Å². The molecule has 1 heterocycles. The van der Waals surface area contributed by atoms with Crippen LogP contribution in [0.4, 0.5) is 4.39 Å². The monoisotopic (exact) mass is 247 g/mol. The van der Waals surface area contributed by atoms with E-state index in [1.54, 1.807) is 23.9 Å². The van der Waals surface area contributed by atoms with Gasteiger partial charge in [-0.15, -0.1) is 0 Å². The highest BCUT2D eigenvalue weighted by Crippen LogP contribution is 2.06. The quantitative estimate of drug-likeness (QED) is 0.899. The van der Waals surface area contributed by atoms with Crippen molar-refractivity contribution in [1.29, 1.82) is 0 Å². The fourth-order valence-corrected chi connectivity index (χ4v) is 1.60. The van der Waals surface area contributed by atoms with Crippen LogP contribution in [0, 0.1) is 12.7 Å². The molecule has 0 fully saturated rings. The molecule has 2 aromatic rings. The maximum absolute atomic E-state index is 12.7. The first-order valence-corrected chi connectivity index (χ1v) is 5.59. The molecule has 4 nitrogen and oxygen atoms in total. The first-order valence-electron chi connectivity index (χ1n) is 5.59. The zero-order valence-electron chi connectivity index (χ0n) is 10.3. The van der Waals surface area contributed by atoms with Crippen LogP contribution in [0.2, 0.25) is 0 Å². The number of aryl methyl sites for hydroxylation is 1. The van der Waals surface area contributed by atoms with Crippen molar-refractivity contribution in [3.8, 4) is 0 Å². The summed E-state index contributed by atoms with van der Waals surface area (Å²) >= 11 is 0. The molecular formula is C13H14FN3O. The van der Waals surface area contributed by atoms with Gasteiger partial charge >= 0.3 is 0 Å². The lowest BCUT2D eigenvalue weighted by molar-refractivity contribution is 0.0950. The van der Waals surface area contributed by atoms with E-state index in [0.29, 0.717) is 12.1 Å². The van der Waals surface area contributed by atoms with Crippen molar-refractivity contribution in [2.75, 3.05) is 0 Å². The third-order valence-electron chi connectivity index (χ3n) is 2.85. The molecule has 0 saturated carbocycles. The average molecular weight is 247 g/mol. The Hall–Kier alpha value is -2.17. The van der Waals surface area contributed by atoms with Gasteiger partial charge in [-0.05, 0) is 24.6 Å². The Morgan fingerprint density at radius 2 is 2.06 bits per heavy atom. The highest BCUT2D eigenvalue weighted by Gasteiger charge is 2.11. The summed E-state index contributed by atoms with van der Waals surface area (Å²) in [5.74, 6) is -0.460. The smallest absolute Gasteiger partial charge is 0.255 e. The Morgan fingerprint density at radius 3 is 2.61 bits per heavy atom. The minimum atomic E-state index is -0.284. The van der Waals surface area contributed by atoms with E-state index >= 15 is 0 Å². The fraction of sp³-hybridized carbons (Fsp3) is 0.231. The predicted molar refractivity (Wildman–Crippen MR) is 65.5 cm³/mol. The van der Waals surface area contributed by atoms with Crippen LogP contribution in [0.15, 0.2) is 30.5 Å². The normalized spacial score (nSPS) is 10.4. The second-order valence-corrected chi connectivity index (χ2v) is 4.08. The van der Waals surface area contributed by atoms with Crippen LogP contribution < -0.4 is 5.32 Å². The average Bonchev–Trinajstić information content (AvgIpc) is 2.69. The Morgan fingerprint density at radius 1 is 1.39 bits per heavy atom. The molecule has 0 spiro atoms. The third kappa shape index (κ3) is 2.56. The zero-order valence-corrected chi connectivity index (χ0v) is 10.3. The fourth-order valence-electron chi connectivity index (χ4n) is 1.60. The molecule has 0 atom stereocenters. The Bertz CT molecular complexity index is 560. The third-order valence-corrected chi connectivity index (χ3v) is 2.85. The minimum Gasteiger partial charge on any atom is -0.348 e. The number of halogens is 1. The molecule has 1 aromatic carbocycles. The van der Waals surface area contributed by atoms with E-state index in [-0.39, 0.29) is 11.7 Å². The van der Waals surface area contributed by atoms with Gasteiger partial charge in [-0.2, -0.15) is 5.10 Å². The van der Waals surface area contributed by atoms with E-state index in [1.165, 1.54) is 18.3 Å². The number of carbonyl (C=O) groups excluding carboxylic acids is 1. The molecule has 94 valence electrons. The summed E-state index contributed by atoms with van der Waals surface area (Å²) in [6.07, 6.45) is 1.54. The summed E-state index contributed by atoms with van der Waals surface area (Å²) in [6.45, 7) is 2.20. The van der Waals surface area contributed by atoms with Crippen molar-refractivity contribution in [2.45, 2.75) is 13.5 Å². The van der Waals surface area contributed by atoms with E-state index in [0.717, 1.165) is 11.3 Å². The summed E-state index contributed by atoms with van der Waals surface area (Å²) < 4.78 is 14.4. The molecule has 0 unspecified atom stereocenters. The van der Waals surface area contributed by atoms with E-state index in [9.17, 15) is 9.18 Å². The molecule has 0 aliphatic carbocycles. The van der Waals surface area contributed by atoms with Crippen molar-refractivity contribution in [2.24, 2.45) is 7.05 Å². The van der Waals surface area contributed by atoms with E-state index in [1.807, 2.05) is 6.92 Å². The number of hydrogen-bond donors (Lipinski definition) is 1. The molecule has 1 amide bonds. The van der Waals surface area contributed by atoms with Gasteiger partial charge in [0.2, 0.25) is 0 Å². The number of nitrogens with one attached hydrogen (secondary N) is 1. The second-order valence-electron chi connectivity index (χ2n) is 4.08. The number of hydrogen-bond acceptors (Lipinski definition) is 2. The summed E-state index contributed by atoms with van der Waals surface area (Å²) in [6, 6.07) is 6.03. The molecule has 0 aliphatic rings. The van der Waals surface area contributed by atoms with E-state index in [2.05, 4.69) is 10.4 Å². The summed E-state index contributed by atoms with van der Waals surface area (Å²) in [5.41, 5.74) is 2.22. The first-order chi connectivity index (χ1) is 8.58. The molecule has 1 aromatic heterocycles. The topological polar surface area (TPSA) is 46.9 Å². The Balaban J connectivity index is 2.00. The lowest BCUT2D eigenvalue weighted by Crippen LogP contribution is -2.23. The van der Waals surface area contributed by atoms with Crippen LogP contribution in [0.1, 0.15) is 21.6 Å². The standard InChI is InChI=1S/C13H14FN3O/c1-9-12(8-16-17(9)2)13(18)15-7-10-3-5-11(14)6-4-10/h3-6,8H,7H2,1-2H3,(H,15,18). The number of amides is 1. The van der Waals surface area contributed by atoms with Gasteiger partial charge in [0, 0.05) is 19.3 Å². The van der Waals surface area contributed by atoms with Crippen molar-refractivity contribution >= 4 is 5.91 Å². The molecule has 0 aliphatic heterocycles. The van der Waals surface area contributed by atoms with Crippen LogP contribution in [0.25, 0.3) is 0 Å². The van der Waals surface area contributed by atoms with Crippen molar-refractivity contribution in [3.63, 3.8) is 0 Å². The number of rotatable bonds is 3. The number of aromatic nitrogens is 2. The lowest BCUT2D eigenvalue weighted by atomic mass is 10.2. The predicted octanol–water partition coefficient (Wildman–Crippen LogP) is 1.80. The highest BCUT2D eigenvalue weighted by atomic mass is 19.1. The molecule has 0 radical (unpaired) electrons. The number of carbonyl (C=O) groups is 1. The van der Waals surface area contributed by atoms with Crippen molar-refractivity contribution in [1.82, 2.24) is 15.1 Å². The van der Waals surface area contributed by atoms with Crippen molar-refractivity contribution in [3.05, 3.63) is 53.1 Å². The summed E-state index contributed by atoms with van der Waals surface area (Å²) in [4.78, 5) is 11.9. The van der Waals surface area contributed by atoms with Gasteiger partial charge < -0.3 is 5.32 Å². The number of nitrogens with zero attached hydrogens (tertiary/aromatic N) is 2. The van der Waals surface area contributed by atoms with Crippen molar-refractivity contribution < 1.29 is 9.18 Å². The van der Waals surface area contributed by atoms with Crippen LogP contribution in [-0.4, -0.2) is 15.7 Å². The molecule has 0 saturated heterocycles. The maximum atomic E-state index is 12.7. The van der Waals surface area contributed by atoms with E-state index in [4.69, 9.17) is 0 Å². The molecule has 5 heteroatoms. The summed E-state index contributed by atoms with van der Waals surface area (Å²) in [5, 5.41) is 6.78. The minimum absolute atomic E-state index is 0.176. The Labute approximate surface area is 104 Å². The summed E-state index contributed by atoms with van der Waals surface area (Å²) in [7, 11) is 1.78. The Kier molecular flexibility index (Phi) is 3.41. The first kappa shape index (κ1) is 12.3. The maximum Gasteiger partial charge on any atom is 0.255 e.